The number of sulfone groups is 2. The summed E-state index contributed by atoms with van der Waals surface area (Å²) in [5.41, 5.74) is 0. The predicted octanol–water partition coefficient (Wildman–Crippen LogP) is 0.924. The standard InChI is InChI=1S/C13H20O6S2/c1-18-12-6-3-4-7-13(12)19-8-11-21(16,17)10-5-9-20(2,14)15/h3-4,6-7H,5,8-11H2,1-2H3. The van der Waals surface area contributed by atoms with Gasteiger partial charge in [0, 0.05) is 6.26 Å². The Labute approximate surface area is 125 Å². The van der Waals surface area contributed by atoms with E-state index in [9.17, 15) is 16.8 Å². The van der Waals surface area contributed by atoms with Crippen molar-refractivity contribution in [3.8, 4) is 11.5 Å². The van der Waals surface area contributed by atoms with E-state index in [1.807, 2.05) is 0 Å². The maximum atomic E-state index is 11.8. The molecule has 0 radical (unpaired) electrons. The minimum Gasteiger partial charge on any atom is -0.493 e. The summed E-state index contributed by atoms with van der Waals surface area (Å²) in [6.07, 6.45) is 1.19. The van der Waals surface area contributed by atoms with Crippen molar-refractivity contribution in [3.63, 3.8) is 0 Å². The molecule has 0 aliphatic heterocycles. The van der Waals surface area contributed by atoms with E-state index in [0.29, 0.717) is 11.5 Å². The van der Waals surface area contributed by atoms with Gasteiger partial charge in [-0.05, 0) is 18.6 Å². The van der Waals surface area contributed by atoms with Gasteiger partial charge < -0.3 is 9.47 Å². The van der Waals surface area contributed by atoms with Crippen molar-refractivity contribution >= 4 is 19.7 Å². The van der Waals surface area contributed by atoms with Gasteiger partial charge in [-0.3, -0.25) is 0 Å². The maximum Gasteiger partial charge on any atom is 0.161 e. The van der Waals surface area contributed by atoms with Crippen LogP contribution in [0.5, 0.6) is 11.5 Å². The van der Waals surface area contributed by atoms with Gasteiger partial charge in [0.05, 0.1) is 24.4 Å². The number of hydrogen-bond donors (Lipinski definition) is 0. The van der Waals surface area contributed by atoms with Crippen molar-refractivity contribution in [2.45, 2.75) is 6.42 Å². The fourth-order valence-electron chi connectivity index (χ4n) is 1.66. The second-order valence-corrected chi connectivity index (χ2v) is 9.20. The molecule has 0 atom stereocenters. The van der Waals surface area contributed by atoms with Crippen LogP contribution in [0.2, 0.25) is 0 Å². The van der Waals surface area contributed by atoms with Crippen LogP contribution in [-0.2, 0) is 19.7 Å². The number of methoxy groups -OCH3 is 1. The average molecular weight is 336 g/mol. The Balaban J connectivity index is 2.43. The van der Waals surface area contributed by atoms with Gasteiger partial charge in [0.2, 0.25) is 0 Å². The lowest BCUT2D eigenvalue weighted by atomic mass is 10.3. The van der Waals surface area contributed by atoms with Crippen molar-refractivity contribution < 1.29 is 26.3 Å². The smallest absolute Gasteiger partial charge is 0.161 e. The van der Waals surface area contributed by atoms with Crippen LogP contribution in [0, 0.1) is 0 Å². The third kappa shape index (κ3) is 7.33. The molecule has 0 aliphatic rings. The Bertz CT molecular complexity index is 649. The molecule has 6 nitrogen and oxygen atoms in total. The van der Waals surface area contributed by atoms with E-state index in [1.165, 1.54) is 7.11 Å². The molecule has 0 fully saturated rings. The first-order valence-electron chi connectivity index (χ1n) is 6.37. The highest BCUT2D eigenvalue weighted by atomic mass is 32.2. The molecule has 0 heterocycles. The Morgan fingerprint density at radius 1 is 0.952 bits per heavy atom. The second kappa shape index (κ2) is 7.65. The van der Waals surface area contributed by atoms with Crippen molar-refractivity contribution in [3.05, 3.63) is 24.3 Å². The highest BCUT2D eigenvalue weighted by molar-refractivity contribution is 7.92. The monoisotopic (exact) mass is 336 g/mol. The van der Waals surface area contributed by atoms with Crippen LogP contribution in [0.3, 0.4) is 0 Å². The van der Waals surface area contributed by atoms with E-state index in [4.69, 9.17) is 9.47 Å². The quantitative estimate of drug-likeness (QED) is 0.666. The highest BCUT2D eigenvalue weighted by Crippen LogP contribution is 2.25. The first kappa shape index (κ1) is 17.8. The number of ether oxygens (including phenoxy) is 2. The zero-order valence-corrected chi connectivity index (χ0v) is 13.7. The predicted molar refractivity (Wildman–Crippen MR) is 81.5 cm³/mol. The lowest BCUT2D eigenvalue weighted by Gasteiger charge is -2.10. The summed E-state index contributed by atoms with van der Waals surface area (Å²) in [6.45, 7) is 0.00157. The third-order valence-electron chi connectivity index (χ3n) is 2.69. The summed E-state index contributed by atoms with van der Waals surface area (Å²) >= 11 is 0. The molecule has 0 saturated carbocycles. The van der Waals surface area contributed by atoms with Crippen LogP contribution in [0.15, 0.2) is 24.3 Å². The van der Waals surface area contributed by atoms with Crippen LogP contribution < -0.4 is 9.47 Å². The Kier molecular flexibility index (Phi) is 6.47. The minimum absolute atomic E-state index is 0.00157. The molecule has 1 rings (SSSR count). The summed E-state index contributed by atoms with van der Waals surface area (Å²) in [5, 5.41) is 0. The topological polar surface area (TPSA) is 86.7 Å². The van der Waals surface area contributed by atoms with E-state index in [0.717, 1.165) is 6.26 Å². The van der Waals surface area contributed by atoms with E-state index in [1.54, 1.807) is 24.3 Å². The molecule has 8 heteroatoms. The largest absolute Gasteiger partial charge is 0.493 e. The van der Waals surface area contributed by atoms with Gasteiger partial charge >= 0.3 is 0 Å². The third-order valence-corrected chi connectivity index (χ3v) is 5.42. The van der Waals surface area contributed by atoms with E-state index < -0.39 is 19.7 Å². The molecule has 0 saturated heterocycles. The first-order chi connectivity index (χ1) is 9.73. The molecule has 0 N–H and O–H groups in total. The molecular weight excluding hydrogens is 316 g/mol. The normalized spacial score (nSPS) is 12.1. The van der Waals surface area contributed by atoms with E-state index in [2.05, 4.69) is 0 Å². The van der Waals surface area contributed by atoms with Crippen LogP contribution in [-0.4, -0.2) is 54.1 Å². The fraction of sp³-hybridized carbons (Fsp3) is 0.538. The lowest BCUT2D eigenvalue weighted by molar-refractivity contribution is 0.311. The Hall–Kier alpha value is -1.28. The molecule has 0 unspecified atom stereocenters. The lowest BCUT2D eigenvalue weighted by Crippen LogP contribution is -2.19. The Morgan fingerprint density at radius 2 is 1.57 bits per heavy atom. The molecular formula is C13H20O6S2. The molecule has 0 aliphatic carbocycles. The molecule has 120 valence electrons. The fourth-order valence-corrected chi connectivity index (χ4v) is 3.64. The van der Waals surface area contributed by atoms with E-state index in [-0.39, 0.29) is 30.3 Å². The van der Waals surface area contributed by atoms with Gasteiger partial charge in [-0.2, -0.15) is 0 Å². The number of hydrogen-bond acceptors (Lipinski definition) is 6. The molecule has 0 bridgehead atoms. The number of para-hydroxylation sites is 2. The highest BCUT2D eigenvalue weighted by Gasteiger charge is 2.13. The number of benzene rings is 1. The zero-order valence-electron chi connectivity index (χ0n) is 12.1. The Morgan fingerprint density at radius 3 is 2.14 bits per heavy atom. The SMILES string of the molecule is COc1ccccc1OCCS(=O)(=O)CCCS(C)(=O)=O. The number of rotatable bonds is 9. The minimum atomic E-state index is -3.32. The van der Waals surface area contributed by atoms with Crippen LogP contribution in [0.4, 0.5) is 0 Å². The van der Waals surface area contributed by atoms with Crippen LogP contribution in [0.25, 0.3) is 0 Å². The van der Waals surface area contributed by atoms with Crippen molar-refractivity contribution in [1.82, 2.24) is 0 Å². The molecule has 0 aromatic heterocycles. The van der Waals surface area contributed by atoms with Crippen molar-refractivity contribution in [1.29, 1.82) is 0 Å². The summed E-state index contributed by atoms with van der Waals surface area (Å²) in [4.78, 5) is 0. The second-order valence-electron chi connectivity index (χ2n) is 4.63. The summed E-state index contributed by atoms with van der Waals surface area (Å²) in [6, 6.07) is 6.96. The average Bonchev–Trinajstić information content (AvgIpc) is 2.37. The summed E-state index contributed by atoms with van der Waals surface area (Å²) in [5.74, 6) is 0.572. The van der Waals surface area contributed by atoms with Gasteiger partial charge in [0.15, 0.2) is 21.3 Å². The van der Waals surface area contributed by atoms with E-state index >= 15 is 0 Å². The summed E-state index contributed by atoms with van der Waals surface area (Å²) < 4.78 is 55.9. The first-order valence-corrected chi connectivity index (χ1v) is 10.3. The molecule has 21 heavy (non-hydrogen) atoms. The maximum absolute atomic E-state index is 11.8. The van der Waals surface area contributed by atoms with Gasteiger partial charge in [-0.15, -0.1) is 0 Å². The molecule has 0 spiro atoms. The van der Waals surface area contributed by atoms with Gasteiger partial charge in [0.25, 0.3) is 0 Å². The van der Waals surface area contributed by atoms with Gasteiger partial charge in [0.1, 0.15) is 16.4 Å². The van der Waals surface area contributed by atoms with Gasteiger partial charge in [-0.25, -0.2) is 16.8 Å². The van der Waals surface area contributed by atoms with Crippen molar-refractivity contribution in [2.24, 2.45) is 0 Å². The molecule has 1 aromatic rings. The van der Waals surface area contributed by atoms with Gasteiger partial charge in [-0.1, -0.05) is 12.1 Å². The molecule has 0 amide bonds. The summed E-state index contributed by atoms with van der Waals surface area (Å²) in [7, 11) is -4.95. The van der Waals surface area contributed by atoms with Crippen LogP contribution in [0.1, 0.15) is 6.42 Å². The zero-order chi connectivity index (χ0) is 15.9. The van der Waals surface area contributed by atoms with Crippen LogP contribution >= 0.6 is 0 Å². The van der Waals surface area contributed by atoms with Crippen molar-refractivity contribution in [2.75, 3.05) is 37.2 Å². The molecule has 1 aromatic carbocycles.